The van der Waals surface area contributed by atoms with Crippen LogP contribution in [0.3, 0.4) is 0 Å². The number of hydrogen-bond acceptors (Lipinski definition) is 6. The molecule has 1 atom stereocenters. The normalized spacial score (nSPS) is 19.0. The Bertz CT molecular complexity index is 1100. The maximum Gasteiger partial charge on any atom is 0.354 e. The molecule has 2 aliphatic heterocycles. The SMILES string of the molecule is CC(C)N1C(=O)c2ccccc2N2C(=O)CCC21C(=O)OCC(=O)NCCOc1ccccc1. The Balaban J connectivity index is 1.45. The van der Waals surface area contributed by atoms with Crippen LogP contribution in [0.5, 0.6) is 5.75 Å². The highest BCUT2D eigenvalue weighted by Crippen LogP contribution is 2.45. The lowest BCUT2D eigenvalue weighted by molar-refractivity contribution is -0.161. The van der Waals surface area contributed by atoms with Gasteiger partial charge in [-0.1, -0.05) is 30.3 Å². The molecule has 0 bridgehead atoms. The summed E-state index contributed by atoms with van der Waals surface area (Å²) >= 11 is 0. The van der Waals surface area contributed by atoms with Crippen molar-refractivity contribution in [3.05, 3.63) is 60.2 Å². The molecule has 34 heavy (non-hydrogen) atoms. The predicted octanol–water partition coefficient (Wildman–Crippen LogP) is 2.11. The first-order chi connectivity index (χ1) is 16.4. The fourth-order valence-corrected chi connectivity index (χ4v) is 4.55. The number of anilines is 1. The molecule has 9 nitrogen and oxygen atoms in total. The van der Waals surface area contributed by atoms with E-state index in [4.69, 9.17) is 9.47 Å². The lowest BCUT2D eigenvalue weighted by atomic mass is 9.95. The van der Waals surface area contributed by atoms with E-state index in [2.05, 4.69) is 5.32 Å². The van der Waals surface area contributed by atoms with Crippen LogP contribution in [-0.4, -0.2) is 60.1 Å². The molecular weight excluding hydrogens is 438 g/mol. The molecule has 4 rings (SSSR count). The Morgan fingerprint density at radius 3 is 2.50 bits per heavy atom. The molecule has 2 aromatic carbocycles. The van der Waals surface area contributed by atoms with Crippen LogP contribution in [0.4, 0.5) is 5.69 Å². The summed E-state index contributed by atoms with van der Waals surface area (Å²) in [4.78, 5) is 54.7. The minimum absolute atomic E-state index is 0.0863. The first-order valence-corrected chi connectivity index (χ1v) is 11.2. The van der Waals surface area contributed by atoms with Crippen molar-refractivity contribution in [2.45, 2.75) is 38.4 Å². The van der Waals surface area contributed by atoms with Gasteiger partial charge in [0.05, 0.1) is 17.8 Å². The van der Waals surface area contributed by atoms with Gasteiger partial charge in [0, 0.05) is 18.9 Å². The summed E-state index contributed by atoms with van der Waals surface area (Å²) in [7, 11) is 0. The van der Waals surface area contributed by atoms with Crippen LogP contribution in [0.25, 0.3) is 0 Å². The standard InChI is InChI=1S/C25H27N3O6/c1-17(2)27-23(31)19-10-6-7-11-20(19)28-22(30)12-13-25(27,28)24(32)34-16-21(29)26-14-15-33-18-8-4-3-5-9-18/h3-11,17H,12-16H2,1-2H3,(H,26,29). The summed E-state index contributed by atoms with van der Waals surface area (Å²) in [6, 6.07) is 15.5. The van der Waals surface area contributed by atoms with Gasteiger partial charge in [-0.15, -0.1) is 0 Å². The summed E-state index contributed by atoms with van der Waals surface area (Å²) < 4.78 is 10.9. The Kier molecular flexibility index (Phi) is 6.54. The van der Waals surface area contributed by atoms with Crippen molar-refractivity contribution in [2.75, 3.05) is 24.7 Å². The highest BCUT2D eigenvalue weighted by molar-refractivity contribution is 6.15. The van der Waals surface area contributed by atoms with Crippen LogP contribution in [0.2, 0.25) is 0 Å². The average molecular weight is 466 g/mol. The van der Waals surface area contributed by atoms with E-state index in [0.29, 0.717) is 17.0 Å². The molecule has 0 radical (unpaired) electrons. The third-order valence-electron chi connectivity index (χ3n) is 5.91. The van der Waals surface area contributed by atoms with Gasteiger partial charge < -0.3 is 19.7 Å². The fourth-order valence-electron chi connectivity index (χ4n) is 4.55. The molecule has 9 heteroatoms. The molecule has 0 saturated carbocycles. The van der Waals surface area contributed by atoms with Gasteiger partial charge in [0.15, 0.2) is 6.61 Å². The average Bonchev–Trinajstić information content (AvgIpc) is 3.19. The minimum atomic E-state index is -1.62. The summed E-state index contributed by atoms with van der Waals surface area (Å²) in [5.74, 6) is -1.24. The molecule has 2 aliphatic rings. The van der Waals surface area contributed by atoms with E-state index in [1.165, 1.54) is 9.80 Å². The van der Waals surface area contributed by atoms with Crippen molar-refractivity contribution >= 4 is 29.4 Å². The zero-order valence-electron chi connectivity index (χ0n) is 19.2. The second-order valence-electron chi connectivity index (χ2n) is 8.42. The van der Waals surface area contributed by atoms with E-state index in [9.17, 15) is 19.2 Å². The van der Waals surface area contributed by atoms with Gasteiger partial charge in [0.1, 0.15) is 12.4 Å². The van der Waals surface area contributed by atoms with Crippen molar-refractivity contribution in [1.82, 2.24) is 10.2 Å². The number of para-hydroxylation sites is 2. The molecule has 1 unspecified atom stereocenters. The number of esters is 1. The van der Waals surface area contributed by atoms with E-state index < -0.39 is 24.1 Å². The molecule has 2 heterocycles. The number of benzene rings is 2. The zero-order valence-corrected chi connectivity index (χ0v) is 19.2. The summed E-state index contributed by atoms with van der Waals surface area (Å²) in [5, 5.41) is 2.63. The number of nitrogens with zero attached hydrogens (tertiary/aromatic N) is 2. The number of rotatable bonds is 8. The lowest BCUT2D eigenvalue weighted by Gasteiger charge is -2.50. The zero-order chi connectivity index (χ0) is 24.3. The van der Waals surface area contributed by atoms with Gasteiger partial charge in [-0.05, 0) is 38.1 Å². The maximum absolute atomic E-state index is 13.4. The van der Waals surface area contributed by atoms with Gasteiger partial charge in [0.25, 0.3) is 11.8 Å². The van der Waals surface area contributed by atoms with E-state index in [0.717, 1.165) is 0 Å². The Morgan fingerprint density at radius 1 is 1.06 bits per heavy atom. The molecule has 1 fully saturated rings. The van der Waals surface area contributed by atoms with Gasteiger partial charge in [0.2, 0.25) is 11.6 Å². The highest BCUT2D eigenvalue weighted by Gasteiger charge is 2.62. The Hall–Kier alpha value is -3.88. The van der Waals surface area contributed by atoms with Gasteiger partial charge in [-0.3, -0.25) is 19.3 Å². The number of hydrogen-bond donors (Lipinski definition) is 1. The minimum Gasteiger partial charge on any atom is -0.492 e. The van der Waals surface area contributed by atoms with E-state index in [1.807, 2.05) is 30.3 Å². The molecule has 1 saturated heterocycles. The van der Waals surface area contributed by atoms with Crippen LogP contribution < -0.4 is 15.0 Å². The van der Waals surface area contributed by atoms with Gasteiger partial charge >= 0.3 is 5.97 Å². The Morgan fingerprint density at radius 2 is 1.76 bits per heavy atom. The highest BCUT2D eigenvalue weighted by atomic mass is 16.5. The largest absolute Gasteiger partial charge is 0.492 e. The molecule has 1 N–H and O–H groups in total. The fraction of sp³-hybridized carbons (Fsp3) is 0.360. The first-order valence-electron chi connectivity index (χ1n) is 11.2. The maximum atomic E-state index is 13.4. The molecule has 3 amide bonds. The number of nitrogens with one attached hydrogen (secondary N) is 1. The molecule has 0 aromatic heterocycles. The number of fused-ring (bicyclic) bond motifs is 3. The number of carbonyl (C=O) groups excluding carboxylic acids is 4. The second kappa shape index (κ2) is 9.54. The molecule has 0 spiro atoms. The predicted molar refractivity (Wildman–Crippen MR) is 123 cm³/mol. The van der Waals surface area contributed by atoms with Crippen LogP contribution in [0.15, 0.2) is 54.6 Å². The van der Waals surface area contributed by atoms with E-state index in [-0.39, 0.29) is 43.8 Å². The van der Waals surface area contributed by atoms with Crippen LogP contribution in [0.1, 0.15) is 37.0 Å². The smallest absolute Gasteiger partial charge is 0.354 e. The van der Waals surface area contributed by atoms with Gasteiger partial charge in [-0.2, -0.15) is 0 Å². The van der Waals surface area contributed by atoms with Crippen molar-refractivity contribution < 1.29 is 28.7 Å². The van der Waals surface area contributed by atoms with Crippen molar-refractivity contribution in [2.24, 2.45) is 0 Å². The quantitative estimate of drug-likeness (QED) is 0.473. The van der Waals surface area contributed by atoms with Crippen molar-refractivity contribution in [1.29, 1.82) is 0 Å². The molecule has 178 valence electrons. The van der Waals surface area contributed by atoms with E-state index in [1.54, 1.807) is 38.1 Å². The lowest BCUT2D eigenvalue weighted by Crippen LogP contribution is -2.70. The monoisotopic (exact) mass is 465 g/mol. The second-order valence-corrected chi connectivity index (χ2v) is 8.42. The topological polar surface area (TPSA) is 105 Å². The van der Waals surface area contributed by atoms with E-state index >= 15 is 0 Å². The number of carbonyl (C=O) groups is 4. The van der Waals surface area contributed by atoms with Crippen LogP contribution in [-0.2, 0) is 19.1 Å². The number of amides is 3. The van der Waals surface area contributed by atoms with Crippen molar-refractivity contribution in [3.63, 3.8) is 0 Å². The summed E-state index contributed by atoms with van der Waals surface area (Å²) in [5.41, 5.74) is -0.884. The number of ether oxygens (including phenoxy) is 2. The molecule has 2 aromatic rings. The molecule has 0 aliphatic carbocycles. The Labute approximate surface area is 197 Å². The van der Waals surface area contributed by atoms with Gasteiger partial charge in [-0.25, -0.2) is 4.79 Å². The van der Waals surface area contributed by atoms with Crippen LogP contribution >= 0.6 is 0 Å². The van der Waals surface area contributed by atoms with Crippen molar-refractivity contribution in [3.8, 4) is 5.75 Å². The third-order valence-corrected chi connectivity index (χ3v) is 5.91. The third kappa shape index (κ3) is 4.09. The molecular formula is C25H27N3O6. The first kappa shape index (κ1) is 23.3. The summed E-state index contributed by atoms with van der Waals surface area (Å²) in [6.07, 6.45) is 0.179. The summed E-state index contributed by atoms with van der Waals surface area (Å²) in [6.45, 7) is 3.51. The van der Waals surface area contributed by atoms with Crippen LogP contribution in [0, 0.1) is 0 Å².